The molecule has 0 heterocycles. The molecule has 1 aromatic rings. The van der Waals surface area contributed by atoms with Crippen molar-refractivity contribution in [3.05, 3.63) is 35.6 Å². The number of hydrogen-bond donors (Lipinski definition) is 0. The van der Waals surface area contributed by atoms with Crippen LogP contribution in [-0.2, 0) is 0 Å². The number of benzene rings is 1. The molecule has 1 aromatic carbocycles. The summed E-state index contributed by atoms with van der Waals surface area (Å²) >= 11 is 6.02. The summed E-state index contributed by atoms with van der Waals surface area (Å²) in [5.41, 5.74) is 1.12. The van der Waals surface area contributed by atoms with Crippen molar-refractivity contribution in [3.63, 3.8) is 0 Å². The van der Waals surface area contributed by atoms with Gasteiger partial charge in [0.25, 0.3) is 0 Å². The van der Waals surface area contributed by atoms with E-state index < -0.39 is 0 Å². The highest BCUT2D eigenvalue weighted by atomic mass is 35.5. The zero-order valence-corrected chi connectivity index (χ0v) is 8.68. The molecule has 1 rings (SSSR count). The van der Waals surface area contributed by atoms with Crippen LogP contribution in [0.5, 0.6) is 0 Å². The maximum absolute atomic E-state index is 12.6. The third-order valence-electron chi connectivity index (χ3n) is 2.29. The summed E-state index contributed by atoms with van der Waals surface area (Å²) in [4.78, 5) is 0. The first-order valence-corrected chi connectivity index (χ1v) is 4.98. The molecule has 13 heavy (non-hydrogen) atoms. The standard InChI is InChI=1S/C11H14ClF/c1-3-11(8(2)12)9-4-6-10(13)7-5-9/h4-8,11H,3H2,1-2H3. The Morgan fingerprint density at radius 2 is 1.85 bits per heavy atom. The molecule has 0 aliphatic carbocycles. The predicted molar refractivity (Wildman–Crippen MR) is 54.7 cm³/mol. The third-order valence-corrected chi connectivity index (χ3v) is 2.60. The first-order chi connectivity index (χ1) is 6.15. The van der Waals surface area contributed by atoms with Crippen molar-refractivity contribution in [2.45, 2.75) is 31.6 Å². The smallest absolute Gasteiger partial charge is 0.123 e. The number of rotatable bonds is 3. The molecule has 0 nitrogen and oxygen atoms in total. The van der Waals surface area contributed by atoms with Crippen LogP contribution in [0.3, 0.4) is 0 Å². The average Bonchev–Trinajstić information content (AvgIpc) is 2.09. The number of alkyl halides is 1. The molecule has 2 heteroatoms. The van der Waals surface area contributed by atoms with Crippen LogP contribution in [0.2, 0.25) is 0 Å². The fourth-order valence-corrected chi connectivity index (χ4v) is 1.86. The summed E-state index contributed by atoms with van der Waals surface area (Å²) in [6, 6.07) is 6.58. The Hall–Kier alpha value is -0.560. The molecule has 0 saturated carbocycles. The van der Waals surface area contributed by atoms with E-state index in [0.717, 1.165) is 12.0 Å². The highest BCUT2D eigenvalue weighted by molar-refractivity contribution is 6.20. The molecule has 0 fully saturated rings. The Kier molecular flexibility index (Phi) is 3.73. The third kappa shape index (κ3) is 2.70. The summed E-state index contributed by atoms with van der Waals surface area (Å²) in [7, 11) is 0. The lowest BCUT2D eigenvalue weighted by atomic mass is 9.94. The van der Waals surface area contributed by atoms with Crippen molar-refractivity contribution in [2.75, 3.05) is 0 Å². The molecular weight excluding hydrogens is 187 g/mol. The van der Waals surface area contributed by atoms with Gasteiger partial charge in [0.15, 0.2) is 0 Å². The summed E-state index contributed by atoms with van der Waals surface area (Å²) in [5, 5.41) is 0.0930. The van der Waals surface area contributed by atoms with Crippen LogP contribution in [0, 0.1) is 5.82 Å². The molecule has 2 unspecified atom stereocenters. The van der Waals surface area contributed by atoms with Crippen molar-refractivity contribution >= 4 is 11.6 Å². The van der Waals surface area contributed by atoms with Crippen molar-refractivity contribution in [1.29, 1.82) is 0 Å². The van der Waals surface area contributed by atoms with Gasteiger partial charge < -0.3 is 0 Å². The Balaban J connectivity index is 2.86. The summed E-state index contributed by atoms with van der Waals surface area (Å²) < 4.78 is 12.6. The van der Waals surface area contributed by atoms with Gasteiger partial charge in [0, 0.05) is 5.38 Å². The summed E-state index contributed by atoms with van der Waals surface area (Å²) in [6.45, 7) is 4.06. The molecular formula is C11H14ClF. The van der Waals surface area contributed by atoms with Crippen molar-refractivity contribution in [1.82, 2.24) is 0 Å². The fraction of sp³-hybridized carbons (Fsp3) is 0.455. The summed E-state index contributed by atoms with van der Waals surface area (Å²) in [6.07, 6.45) is 0.982. The van der Waals surface area contributed by atoms with Gasteiger partial charge in [0.2, 0.25) is 0 Å². The Bertz CT molecular complexity index is 253. The van der Waals surface area contributed by atoms with E-state index in [1.54, 1.807) is 0 Å². The van der Waals surface area contributed by atoms with E-state index in [1.807, 2.05) is 19.1 Å². The molecule has 0 N–H and O–H groups in total. The van der Waals surface area contributed by atoms with Crippen LogP contribution < -0.4 is 0 Å². The van der Waals surface area contributed by atoms with Gasteiger partial charge in [-0.1, -0.05) is 19.1 Å². The van der Waals surface area contributed by atoms with E-state index in [0.29, 0.717) is 5.92 Å². The van der Waals surface area contributed by atoms with Gasteiger partial charge in [-0.3, -0.25) is 0 Å². The van der Waals surface area contributed by atoms with Crippen molar-refractivity contribution < 1.29 is 4.39 Å². The first-order valence-electron chi connectivity index (χ1n) is 4.54. The van der Waals surface area contributed by atoms with Gasteiger partial charge in [-0.2, -0.15) is 0 Å². The number of hydrogen-bond acceptors (Lipinski definition) is 0. The second-order valence-corrected chi connectivity index (χ2v) is 3.93. The minimum atomic E-state index is -0.194. The quantitative estimate of drug-likeness (QED) is 0.649. The van der Waals surface area contributed by atoms with Crippen LogP contribution in [0.4, 0.5) is 4.39 Å². The fourth-order valence-electron chi connectivity index (χ4n) is 1.54. The lowest BCUT2D eigenvalue weighted by Crippen LogP contribution is -2.07. The van der Waals surface area contributed by atoms with Crippen LogP contribution in [0.1, 0.15) is 31.7 Å². The Morgan fingerprint density at radius 1 is 1.31 bits per heavy atom. The zero-order chi connectivity index (χ0) is 9.84. The van der Waals surface area contributed by atoms with E-state index in [-0.39, 0.29) is 11.2 Å². The highest BCUT2D eigenvalue weighted by Gasteiger charge is 2.14. The molecule has 0 bridgehead atoms. The Labute approximate surface area is 83.7 Å². The second kappa shape index (κ2) is 4.61. The molecule has 0 radical (unpaired) electrons. The minimum absolute atomic E-state index is 0.0930. The molecule has 2 atom stereocenters. The maximum Gasteiger partial charge on any atom is 0.123 e. The molecule has 0 aromatic heterocycles. The SMILES string of the molecule is CCC(c1ccc(F)cc1)C(C)Cl. The minimum Gasteiger partial charge on any atom is -0.207 e. The van der Waals surface area contributed by atoms with Crippen LogP contribution in [0.15, 0.2) is 24.3 Å². The monoisotopic (exact) mass is 200 g/mol. The topological polar surface area (TPSA) is 0 Å². The normalized spacial score (nSPS) is 15.4. The second-order valence-electron chi connectivity index (χ2n) is 3.24. The van der Waals surface area contributed by atoms with Crippen LogP contribution in [0.25, 0.3) is 0 Å². The molecule has 0 aliphatic rings. The molecule has 0 amide bonds. The van der Waals surface area contributed by atoms with Gasteiger partial charge in [0.1, 0.15) is 5.82 Å². The zero-order valence-electron chi connectivity index (χ0n) is 7.93. The van der Waals surface area contributed by atoms with Gasteiger partial charge in [-0.05, 0) is 37.0 Å². The van der Waals surface area contributed by atoms with E-state index >= 15 is 0 Å². The van der Waals surface area contributed by atoms with Gasteiger partial charge >= 0.3 is 0 Å². The van der Waals surface area contributed by atoms with Gasteiger partial charge in [-0.15, -0.1) is 11.6 Å². The predicted octanol–water partition coefficient (Wildman–Crippen LogP) is 3.95. The maximum atomic E-state index is 12.6. The lowest BCUT2D eigenvalue weighted by Gasteiger charge is -2.17. The molecule has 0 spiro atoms. The van der Waals surface area contributed by atoms with Crippen molar-refractivity contribution in [2.24, 2.45) is 0 Å². The van der Waals surface area contributed by atoms with E-state index in [4.69, 9.17) is 11.6 Å². The number of halogens is 2. The van der Waals surface area contributed by atoms with E-state index in [2.05, 4.69) is 6.92 Å². The van der Waals surface area contributed by atoms with Gasteiger partial charge in [-0.25, -0.2) is 4.39 Å². The molecule has 0 saturated heterocycles. The summed E-state index contributed by atoms with van der Waals surface area (Å²) in [5.74, 6) is 0.128. The van der Waals surface area contributed by atoms with Crippen LogP contribution in [-0.4, -0.2) is 5.38 Å². The highest BCUT2D eigenvalue weighted by Crippen LogP contribution is 2.26. The largest absolute Gasteiger partial charge is 0.207 e. The first kappa shape index (κ1) is 10.5. The Morgan fingerprint density at radius 3 is 2.23 bits per heavy atom. The van der Waals surface area contributed by atoms with E-state index in [9.17, 15) is 4.39 Å². The van der Waals surface area contributed by atoms with Gasteiger partial charge in [0.05, 0.1) is 0 Å². The van der Waals surface area contributed by atoms with E-state index in [1.165, 1.54) is 12.1 Å². The molecule has 0 aliphatic heterocycles. The average molecular weight is 201 g/mol. The van der Waals surface area contributed by atoms with Crippen molar-refractivity contribution in [3.8, 4) is 0 Å². The van der Waals surface area contributed by atoms with Crippen LogP contribution >= 0.6 is 11.6 Å². The lowest BCUT2D eigenvalue weighted by molar-refractivity contribution is 0.618. The molecule has 72 valence electrons.